The van der Waals surface area contributed by atoms with Crippen molar-refractivity contribution in [1.82, 2.24) is 0 Å². The van der Waals surface area contributed by atoms with E-state index in [0.29, 0.717) is 12.2 Å². The molecule has 0 atom stereocenters. The van der Waals surface area contributed by atoms with Gasteiger partial charge in [0.25, 0.3) is 0 Å². The quantitative estimate of drug-likeness (QED) is 0.840. The average molecular weight is 242 g/mol. The minimum Gasteiger partial charge on any atom is -0.508 e. The first-order valence-corrected chi connectivity index (χ1v) is 5.78. The van der Waals surface area contributed by atoms with Crippen molar-refractivity contribution in [2.45, 2.75) is 6.92 Å². The van der Waals surface area contributed by atoms with Crippen LogP contribution in [0.4, 0.5) is 0 Å². The number of esters is 1. The Bertz CT molecular complexity index is 547. The molecule has 2 rings (SSSR count). The Labute approximate surface area is 106 Å². The van der Waals surface area contributed by atoms with Gasteiger partial charge in [-0.1, -0.05) is 30.3 Å². The monoisotopic (exact) mass is 242 g/mol. The maximum absolute atomic E-state index is 11.9. The summed E-state index contributed by atoms with van der Waals surface area (Å²) in [6.07, 6.45) is 0. The number of aromatic hydroxyl groups is 1. The molecule has 3 nitrogen and oxygen atoms in total. The van der Waals surface area contributed by atoms with Gasteiger partial charge in [0.1, 0.15) is 5.75 Å². The van der Waals surface area contributed by atoms with Gasteiger partial charge in [0, 0.05) is 0 Å². The number of rotatable bonds is 3. The molecule has 0 heterocycles. The molecule has 2 aromatic rings. The van der Waals surface area contributed by atoms with Crippen LogP contribution < -0.4 is 0 Å². The minimum atomic E-state index is -0.424. The normalized spacial score (nSPS) is 10.1. The lowest BCUT2D eigenvalue weighted by Gasteiger charge is -2.09. The molecular weight excluding hydrogens is 228 g/mol. The molecule has 0 fully saturated rings. The largest absolute Gasteiger partial charge is 0.508 e. The number of benzene rings is 2. The van der Waals surface area contributed by atoms with Crippen molar-refractivity contribution in [3.8, 4) is 16.9 Å². The highest BCUT2D eigenvalue weighted by Crippen LogP contribution is 2.27. The van der Waals surface area contributed by atoms with Gasteiger partial charge in [0.2, 0.25) is 0 Å². The number of ether oxygens (including phenoxy) is 1. The molecule has 0 unspecified atom stereocenters. The topological polar surface area (TPSA) is 46.5 Å². The lowest BCUT2D eigenvalue weighted by atomic mass is 9.99. The molecule has 0 radical (unpaired) electrons. The van der Waals surface area contributed by atoms with Crippen LogP contribution in [0.1, 0.15) is 17.3 Å². The van der Waals surface area contributed by atoms with Crippen molar-refractivity contribution in [2.75, 3.05) is 6.61 Å². The molecule has 0 saturated heterocycles. The number of carbonyl (C=O) groups excluding carboxylic acids is 1. The number of phenolic OH excluding ortho intramolecular Hbond substituents is 1. The van der Waals surface area contributed by atoms with E-state index in [2.05, 4.69) is 0 Å². The molecule has 0 aliphatic heterocycles. The Morgan fingerprint density at radius 2 is 1.89 bits per heavy atom. The van der Waals surface area contributed by atoms with E-state index in [0.717, 1.165) is 11.1 Å². The number of hydrogen-bond donors (Lipinski definition) is 1. The molecule has 1 N–H and O–H groups in total. The second-order valence-electron chi connectivity index (χ2n) is 3.82. The van der Waals surface area contributed by atoms with Gasteiger partial charge in [-0.25, -0.2) is 4.79 Å². The molecule has 92 valence electrons. The van der Waals surface area contributed by atoms with E-state index in [-0.39, 0.29) is 5.75 Å². The summed E-state index contributed by atoms with van der Waals surface area (Å²) in [5.74, 6) is -0.370. The van der Waals surface area contributed by atoms with Gasteiger partial charge in [-0.05, 0) is 36.2 Å². The Kier molecular flexibility index (Phi) is 3.63. The van der Waals surface area contributed by atoms with Gasteiger partial charge in [-0.2, -0.15) is 0 Å². The Balaban J connectivity index is 2.51. The van der Waals surface area contributed by atoms with Crippen LogP contribution in [-0.4, -0.2) is 17.7 Å². The van der Waals surface area contributed by atoms with Crippen molar-refractivity contribution >= 4 is 5.97 Å². The van der Waals surface area contributed by atoms with Crippen LogP contribution in [0, 0.1) is 0 Å². The fraction of sp³-hybridized carbons (Fsp3) is 0.133. The third-order valence-electron chi connectivity index (χ3n) is 2.58. The second kappa shape index (κ2) is 5.36. The zero-order valence-corrected chi connectivity index (χ0v) is 10.1. The van der Waals surface area contributed by atoms with E-state index in [1.807, 2.05) is 30.3 Å². The van der Waals surface area contributed by atoms with Crippen LogP contribution in [0.25, 0.3) is 11.1 Å². The maximum atomic E-state index is 11.9. The molecular formula is C15H14O3. The van der Waals surface area contributed by atoms with Crippen LogP contribution in [0.3, 0.4) is 0 Å². The highest BCUT2D eigenvalue weighted by molar-refractivity contribution is 5.97. The summed E-state index contributed by atoms with van der Waals surface area (Å²) in [5, 5.41) is 9.49. The summed E-state index contributed by atoms with van der Waals surface area (Å²) in [7, 11) is 0. The van der Waals surface area contributed by atoms with Gasteiger partial charge in [0.05, 0.1) is 12.2 Å². The van der Waals surface area contributed by atoms with E-state index >= 15 is 0 Å². The predicted octanol–water partition coefficient (Wildman–Crippen LogP) is 3.24. The summed E-state index contributed by atoms with van der Waals surface area (Å²) in [4.78, 5) is 11.9. The van der Waals surface area contributed by atoms with E-state index in [4.69, 9.17) is 4.74 Å². The molecule has 0 spiro atoms. The Morgan fingerprint density at radius 3 is 2.56 bits per heavy atom. The second-order valence-corrected chi connectivity index (χ2v) is 3.82. The smallest absolute Gasteiger partial charge is 0.338 e. The van der Waals surface area contributed by atoms with Crippen molar-refractivity contribution < 1.29 is 14.6 Å². The summed E-state index contributed by atoms with van der Waals surface area (Å²) in [5.41, 5.74) is 2.05. The third-order valence-corrected chi connectivity index (χ3v) is 2.58. The summed E-state index contributed by atoms with van der Waals surface area (Å²) in [6, 6.07) is 14.2. The molecule has 2 aromatic carbocycles. The van der Waals surface area contributed by atoms with E-state index in [1.165, 1.54) is 6.07 Å². The van der Waals surface area contributed by atoms with Gasteiger partial charge in [0.15, 0.2) is 0 Å². The summed E-state index contributed by atoms with van der Waals surface area (Å²) in [6.45, 7) is 2.06. The molecule has 0 amide bonds. The van der Waals surface area contributed by atoms with Crippen molar-refractivity contribution in [3.05, 3.63) is 54.1 Å². The lowest BCUT2D eigenvalue weighted by molar-refractivity contribution is 0.0527. The molecule has 0 aliphatic rings. The van der Waals surface area contributed by atoms with E-state index in [1.54, 1.807) is 19.1 Å². The fourth-order valence-electron chi connectivity index (χ4n) is 1.78. The van der Waals surface area contributed by atoms with E-state index in [9.17, 15) is 9.90 Å². The summed E-state index contributed by atoms with van der Waals surface area (Å²) < 4.78 is 5.00. The van der Waals surface area contributed by atoms with Gasteiger partial charge < -0.3 is 9.84 Å². The molecule has 0 aliphatic carbocycles. The first-order chi connectivity index (χ1) is 8.72. The van der Waals surface area contributed by atoms with Gasteiger partial charge in [-0.15, -0.1) is 0 Å². The van der Waals surface area contributed by atoms with Crippen molar-refractivity contribution in [3.63, 3.8) is 0 Å². The number of phenols is 1. The van der Waals surface area contributed by atoms with Crippen LogP contribution >= 0.6 is 0 Å². The van der Waals surface area contributed by atoms with Gasteiger partial charge >= 0.3 is 5.97 Å². The number of carbonyl (C=O) groups is 1. The van der Waals surface area contributed by atoms with Crippen LogP contribution in [0.15, 0.2) is 48.5 Å². The molecule has 3 heteroatoms. The van der Waals surface area contributed by atoms with E-state index < -0.39 is 5.97 Å². The number of hydrogen-bond acceptors (Lipinski definition) is 3. The zero-order valence-electron chi connectivity index (χ0n) is 10.1. The van der Waals surface area contributed by atoms with Crippen molar-refractivity contribution in [2.24, 2.45) is 0 Å². The van der Waals surface area contributed by atoms with Gasteiger partial charge in [-0.3, -0.25) is 0 Å². The van der Waals surface area contributed by atoms with Crippen molar-refractivity contribution in [1.29, 1.82) is 0 Å². The first kappa shape index (κ1) is 12.2. The Morgan fingerprint density at radius 1 is 1.17 bits per heavy atom. The maximum Gasteiger partial charge on any atom is 0.338 e. The predicted molar refractivity (Wildman–Crippen MR) is 69.5 cm³/mol. The molecule has 18 heavy (non-hydrogen) atoms. The minimum absolute atomic E-state index is 0.0535. The van der Waals surface area contributed by atoms with Crippen LogP contribution in [-0.2, 0) is 4.74 Å². The fourth-order valence-corrected chi connectivity index (χ4v) is 1.78. The highest BCUT2D eigenvalue weighted by atomic mass is 16.5. The lowest BCUT2D eigenvalue weighted by Crippen LogP contribution is -2.06. The standard InChI is InChI=1S/C15H14O3/c1-2-18-15(17)14-10-12(16)8-9-13(14)11-6-4-3-5-7-11/h3-10,16H,2H2,1H3. The molecule has 0 aromatic heterocycles. The summed E-state index contributed by atoms with van der Waals surface area (Å²) >= 11 is 0. The van der Waals surface area contributed by atoms with Crippen LogP contribution in [0.5, 0.6) is 5.75 Å². The third kappa shape index (κ3) is 2.51. The van der Waals surface area contributed by atoms with Crippen LogP contribution in [0.2, 0.25) is 0 Å². The zero-order chi connectivity index (χ0) is 13.0. The Hall–Kier alpha value is -2.29. The molecule has 0 saturated carbocycles. The average Bonchev–Trinajstić information content (AvgIpc) is 2.40. The first-order valence-electron chi connectivity index (χ1n) is 5.78. The molecule has 0 bridgehead atoms. The SMILES string of the molecule is CCOC(=O)c1cc(O)ccc1-c1ccccc1. The highest BCUT2D eigenvalue weighted by Gasteiger charge is 2.14.